The number of Topliss-reactive ketones (excluding diaryl/α,β-unsaturated/α-hetero) is 1. The summed E-state index contributed by atoms with van der Waals surface area (Å²) in [5.74, 6) is -1.50. The zero-order valence-electron chi connectivity index (χ0n) is 18.4. The number of carbonyl (C=O) groups excluding carboxylic acids is 2. The van der Waals surface area contributed by atoms with Crippen LogP contribution in [0.25, 0.3) is 5.76 Å². The Morgan fingerprint density at radius 2 is 1.88 bits per heavy atom. The van der Waals surface area contributed by atoms with Gasteiger partial charge in [0.15, 0.2) is 11.5 Å². The number of hydrogen-bond acceptors (Lipinski definition) is 8. The first-order valence-electron chi connectivity index (χ1n) is 10.9. The Kier molecular flexibility index (Phi) is 6.90. The fraction of sp³-hybridized carbons (Fsp3) is 0.375. The smallest absolute Gasteiger partial charge is 0.295 e. The normalized spacial score (nSPS) is 20.9. The van der Waals surface area contributed by atoms with Gasteiger partial charge in [-0.2, -0.15) is 0 Å². The van der Waals surface area contributed by atoms with Gasteiger partial charge in [0.25, 0.3) is 11.7 Å². The highest BCUT2D eigenvalue weighted by Crippen LogP contribution is 2.41. The van der Waals surface area contributed by atoms with Crippen LogP contribution in [0.4, 0.5) is 0 Å². The number of rotatable bonds is 7. The van der Waals surface area contributed by atoms with E-state index in [2.05, 4.69) is 9.88 Å². The van der Waals surface area contributed by atoms with Crippen molar-refractivity contribution in [3.05, 3.63) is 59.4 Å². The lowest BCUT2D eigenvalue weighted by Gasteiger charge is -2.29. The molecular formula is C24H27N3O6. The molecule has 2 aliphatic heterocycles. The number of hydrogen-bond donors (Lipinski definition) is 2. The van der Waals surface area contributed by atoms with E-state index in [1.54, 1.807) is 24.3 Å². The van der Waals surface area contributed by atoms with Crippen molar-refractivity contribution in [2.24, 2.45) is 0 Å². The molecule has 0 saturated carbocycles. The van der Waals surface area contributed by atoms with Gasteiger partial charge in [-0.1, -0.05) is 6.07 Å². The summed E-state index contributed by atoms with van der Waals surface area (Å²) in [6, 6.07) is 7.02. The average molecular weight is 453 g/mol. The van der Waals surface area contributed by atoms with Crippen molar-refractivity contribution in [3.8, 4) is 11.5 Å². The first-order chi connectivity index (χ1) is 16.0. The number of amides is 1. The van der Waals surface area contributed by atoms with Crippen LogP contribution in [-0.4, -0.2) is 83.2 Å². The molecule has 0 spiro atoms. The topological polar surface area (TPSA) is 112 Å². The highest BCUT2D eigenvalue weighted by Gasteiger charge is 2.46. The van der Waals surface area contributed by atoms with Crippen molar-refractivity contribution < 1.29 is 29.3 Å². The summed E-state index contributed by atoms with van der Waals surface area (Å²) in [5.41, 5.74) is 0.961. The van der Waals surface area contributed by atoms with E-state index in [9.17, 15) is 19.8 Å². The molecule has 9 nitrogen and oxygen atoms in total. The number of ketones is 1. The quantitative estimate of drug-likeness (QED) is 0.372. The third-order valence-electron chi connectivity index (χ3n) is 5.99. The van der Waals surface area contributed by atoms with Crippen LogP contribution in [0.1, 0.15) is 23.6 Å². The van der Waals surface area contributed by atoms with E-state index in [0.717, 1.165) is 19.6 Å². The summed E-state index contributed by atoms with van der Waals surface area (Å²) in [6.45, 7) is 4.14. The lowest BCUT2D eigenvalue weighted by atomic mass is 9.95. The zero-order valence-corrected chi connectivity index (χ0v) is 18.4. The maximum atomic E-state index is 13.1. The number of nitrogens with zero attached hydrogens (tertiary/aromatic N) is 3. The molecule has 1 aromatic carbocycles. The Morgan fingerprint density at radius 1 is 1.15 bits per heavy atom. The molecule has 9 heteroatoms. The van der Waals surface area contributed by atoms with Gasteiger partial charge in [-0.3, -0.25) is 19.5 Å². The van der Waals surface area contributed by atoms with E-state index in [-0.39, 0.29) is 22.8 Å². The van der Waals surface area contributed by atoms with Crippen molar-refractivity contribution in [2.45, 2.75) is 12.5 Å². The molecule has 2 saturated heterocycles. The van der Waals surface area contributed by atoms with Crippen molar-refractivity contribution >= 4 is 17.4 Å². The number of methoxy groups -OCH3 is 1. The predicted octanol–water partition coefficient (Wildman–Crippen LogP) is 1.94. The third kappa shape index (κ3) is 4.69. The molecule has 0 radical (unpaired) electrons. The number of phenolic OH excluding ortho intramolecular Hbond substituents is 1. The summed E-state index contributed by atoms with van der Waals surface area (Å²) >= 11 is 0. The SMILES string of the molecule is COc1cc(C2/C(=C(\O)c3ccncc3)C(=O)C(=O)N2CCCN2CCOCC2)ccc1O. The number of carbonyl (C=O) groups is 2. The van der Waals surface area contributed by atoms with Crippen LogP contribution >= 0.6 is 0 Å². The monoisotopic (exact) mass is 453 g/mol. The number of phenols is 1. The van der Waals surface area contributed by atoms with Gasteiger partial charge >= 0.3 is 0 Å². The summed E-state index contributed by atoms with van der Waals surface area (Å²) in [6.07, 6.45) is 3.67. The number of aromatic nitrogens is 1. The molecule has 1 amide bonds. The molecule has 3 heterocycles. The first-order valence-corrected chi connectivity index (χ1v) is 10.9. The first kappa shape index (κ1) is 22.8. The second-order valence-corrected chi connectivity index (χ2v) is 7.97. The number of ether oxygens (including phenoxy) is 2. The van der Waals surface area contributed by atoms with E-state index in [1.807, 2.05) is 0 Å². The van der Waals surface area contributed by atoms with Crippen LogP contribution < -0.4 is 4.74 Å². The van der Waals surface area contributed by atoms with Gasteiger partial charge in [0.05, 0.1) is 31.9 Å². The standard InChI is InChI=1S/C24H27N3O6/c1-32-19-15-17(3-4-18(19)28)21-20(22(29)16-5-7-25-8-6-16)23(30)24(31)27(21)10-2-9-26-11-13-33-14-12-26/h3-8,15,21,28-29H,2,9-14H2,1H3/b22-20+. The maximum absolute atomic E-state index is 13.1. The van der Waals surface area contributed by atoms with E-state index < -0.39 is 17.7 Å². The molecule has 2 aliphatic rings. The molecule has 33 heavy (non-hydrogen) atoms. The molecule has 2 fully saturated rings. The van der Waals surface area contributed by atoms with E-state index in [4.69, 9.17) is 9.47 Å². The zero-order chi connectivity index (χ0) is 23.4. The highest BCUT2D eigenvalue weighted by atomic mass is 16.5. The van der Waals surface area contributed by atoms with Crippen molar-refractivity contribution in [3.63, 3.8) is 0 Å². The van der Waals surface area contributed by atoms with E-state index in [1.165, 1.54) is 30.5 Å². The largest absolute Gasteiger partial charge is 0.507 e. The Labute approximate surface area is 191 Å². The summed E-state index contributed by atoms with van der Waals surface area (Å²) in [4.78, 5) is 33.8. The lowest BCUT2D eigenvalue weighted by Crippen LogP contribution is -2.38. The minimum absolute atomic E-state index is 0.00492. The molecular weight excluding hydrogens is 426 g/mol. The number of aliphatic hydroxyl groups excluding tert-OH is 1. The number of benzene rings is 1. The van der Waals surface area contributed by atoms with E-state index >= 15 is 0 Å². The van der Waals surface area contributed by atoms with Gasteiger partial charge in [-0.15, -0.1) is 0 Å². The molecule has 2 N–H and O–H groups in total. The molecule has 0 bridgehead atoms. The van der Waals surface area contributed by atoms with Gasteiger partial charge in [0, 0.05) is 44.1 Å². The van der Waals surface area contributed by atoms with Gasteiger partial charge in [0.1, 0.15) is 5.76 Å². The summed E-state index contributed by atoms with van der Waals surface area (Å²) in [5, 5.41) is 21.0. The number of likely N-dealkylation sites (tertiary alicyclic amines) is 1. The summed E-state index contributed by atoms with van der Waals surface area (Å²) < 4.78 is 10.6. The van der Waals surface area contributed by atoms with Crippen LogP contribution in [0.15, 0.2) is 48.3 Å². The van der Waals surface area contributed by atoms with Crippen LogP contribution in [0, 0.1) is 0 Å². The molecule has 1 atom stereocenters. The molecule has 1 unspecified atom stereocenters. The van der Waals surface area contributed by atoms with Crippen LogP contribution in [0.3, 0.4) is 0 Å². The number of aromatic hydroxyl groups is 1. The second kappa shape index (κ2) is 10.0. The fourth-order valence-corrected chi connectivity index (χ4v) is 4.28. The lowest BCUT2D eigenvalue weighted by molar-refractivity contribution is -0.140. The van der Waals surface area contributed by atoms with Crippen LogP contribution in [-0.2, 0) is 14.3 Å². The molecule has 1 aromatic heterocycles. The Balaban J connectivity index is 1.69. The molecule has 4 rings (SSSR count). The fourth-order valence-electron chi connectivity index (χ4n) is 4.28. The Hall–Kier alpha value is -3.43. The molecule has 174 valence electrons. The summed E-state index contributed by atoms with van der Waals surface area (Å²) in [7, 11) is 1.43. The van der Waals surface area contributed by atoms with Gasteiger partial charge in [-0.05, 0) is 36.2 Å². The van der Waals surface area contributed by atoms with Crippen molar-refractivity contribution in [1.82, 2.24) is 14.8 Å². The predicted molar refractivity (Wildman–Crippen MR) is 120 cm³/mol. The number of pyridine rings is 1. The number of morpholine rings is 1. The average Bonchev–Trinajstić information content (AvgIpc) is 3.10. The second-order valence-electron chi connectivity index (χ2n) is 7.97. The molecule has 2 aromatic rings. The maximum Gasteiger partial charge on any atom is 0.295 e. The Bertz CT molecular complexity index is 1050. The van der Waals surface area contributed by atoms with Crippen LogP contribution in [0.2, 0.25) is 0 Å². The van der Waals surface area contributed by atoms with Crippen molar-refractivity contribution in [1.29, 1.82) is 0 Å². The van der Waals surface area contributed by atoms with Gasteiger partial charge in [0.2, 0.25) is 0 Å². The number of aliphatic hydroxyl groups is 1. The highest BCUT2D eigenvalue weighted by molar-refractivity contribution is 6.46. The van der Waals surface area contributed by atoms with Crippen molar-refractivity contribution in [2.75, 3.05) is 46.5 Å². The van der Waals surface area contributed by atoms with E-state index in [0.29, 0.717) is 37.3 Å². The minimum atomic E-state index is -0.808. The van der Waals surface area contributed by atoms with Gasteiger partial charge < -0.3 is 24.6 Å². The Morgan fingerprint density at radius 3 is 2.58 bits per heavy atom. The minimum Gasteiger partial charge on any atom is -0.507 e. The third-order valence-corrected chi connectivity index (χ3v) is 5.99. The molecule has 0 aliphatic carbocycles. The van der Waals surface area contributed by atoms with Crippen LogP contribution in [0.5, 0.6) is 11.5 Å². The van der Waals surface area contributed by atoms with Gasteiger partial charge in [-0.25, -0.2) is 0 Å².